The van der Waals surface area contributed by atoms with Crippen molar-refractivity contribution in [3.8, 4) is 0 Å². The highest BCUT2D eigenvalue weighted by Crippen LogP contribution is 2.39. The molecule has 0 bridgehead atoms. The normalized spacial score (nSPS) is 27.9. The van der Waals surface area contributed by atoms with E-state index in [0.717, 1.165) is 12.8 Å². The second-order valence-corrected chi connectivity index (χ2v) is 6.46. The molecule has 2 aliphatic rings. The average Bonchev–Trinajstić information content (AvgIpc) is 3.25. The molecule has 0 aromatic carbocycles. The molecule has 7 nitrogen and oxygen atoms in total. The minimum absolute atomic E-state index is 0.0126. The standard InChI is InChI=1S/C14H16N4O3S/c1-8-16-13(17-21-8)12-4-9-5-18(3-2-11(9)20-12)14(19)10-6-22-7-15-10/h6-7,9,11-12H,2-5H2,1H3/t9-,11-,12+/m0/s1. The first kappa shape index (κ1) is 13.8. The molecule has 1 amide bonds. The lowest BCUT2D eigenvalue weighted by atomic mass is 9.92. The number of piperidine rings is 1. The van der Waals surface area contributed by atoms with Crippen LogP contribution in [0.1, 0.15) is 41.1 Å². The second-order valence-electron chi connectivity index (χ2n) is 5.74. The number of nitrogens with zero attached hydrogens (tertiary/aromatic N) is 4. The lowest BCUT2D eigenvalue weighted by molar-refractivity contribution is -0.00108. The molecule has 8 heteroatoms. The summed E-state index contributed by atoms with van der Waals surface area (Å²) in [5.74, 6) is 1.50. The van der Waals surface area contributed by atoms with Gasteiger partial charge in [0.1, 0.15) is 11.8 Å². The van der Waals surface area contributed by atoms with Gasteiger partial charge in [-0.3, -0.25) is 4.79 Å². The minimum atomic E-state index is -0.123. The molecule has 2 fully saturated rings. The fourth-order valence-electron chi connectivity index (χ4n) is 3.23. The summed E-state index contributed by atoms with van der Waals surface area (Å²) in [6.07, 6.45) is 1.71. The van der Waals surface area contributed by atoms with Crippen LogP contribution in [0.5, 0.6) is 0 Å². The lowest BCUT2D eigenvalue weighted by Crippen LogP contribution is -2.44. The Hall–Kier alpha value is -1.80. The molecule has 22 heavy (non-hydrogen) atoms. The number of ether oxygens (including phenoxy) is 1. The van der Waals surface area contributed by atoms with Crippen LogP contribution in [-0.4, -0.2) is 45.1 Å². The maximum absolute atomic E-state index is 12.4. The van der Waals surface area contributed by atoms with Crippen molar-refractivity contribution in [1.29, 1.82) is 0 Å². The number of amides is 1. The molecule has 2 aliphatic heterocycles. The van der Waals surface area contributed by atoms with Gasteiger partial charge in [0.15, 0.2) is 0 Å². The Morgan fingerprint density at radius 2 is 2.41 bits per heavy atom. The number of aryl methyl sites for hydroxylation is 1. The monoisotopic (exact) mass is 320 g/mol. The quantitative estimate of drug-likeness (QED) is 0.839. The molecule has 0 N–H and O–H groups in total. The van der Waals surface area contributed by atoms with Gasteiger partial charge >= 0.3 is 0 Å². The Bertz CT molecular complexity index is 671. The number of fused-ring (bicyclic) bond motifs is 1. The summed E-state index contributed by atoms with van der Waals surface area (Å²) in [7, 11) is 0. The van der Waals surface area contributed by atoms with Gasteiger partial charge in [-0.25, -0.2) is 4.98 Å². The molecule has 0 radical (unpaired) electrons. The van der Waals surface area contributed by atoms with Crippen LogP contribution in [0.4, 0.5) is 0 Å². The van der Waals surface area contributed by atoms with Gasteiger partial charge < -0.3 is 14.2 Å². The van der Waals surface area contributed by atoms with Crippen LogP contribution in [0.25, 0.3) is 0 Å². The predicted molar refractivity (Wildman–Crippen MR) is 77.4 cm³/mol. The van der Waals surface area contributed by atoms with Crippen molar-refractivity contribution in [2.75, 3.05) is 13.1 Å². The van der Waals surface area contributed by atoms with Gasteiger partial charge in [0.2, 0.25) is 11.7 Å². The summed E-state index contributed by atoms with van der Waals surface area (Å²) in [5.41, 5.74) is 2.22. The first-order valence-corrected chi connectivity index (χ1v) is 8.28. The van der Waals surface area contributed by atoms with Crippen LogP contribution in [0.3, 0.4) is 0 Å². The molecule has 116 valence electrons. The number of likely N-dealkylation sites (tertiary alicyclic amines) is 1. The van der Waals surface area contributed by atoms with Crippen LogP contribution >= 0.6 is 11.3 Å². The van der Waals surface area contributed by atoms with Crippen molar-refractivity contribution in [1.82, 2.24) is 20.0 Å². The molecule has 0 spiro atoms. The number of aromatic nitrogens is 3. The third kappa shape index (κ3) is 2.42. The predicted octanol–water partition coefficient (Wildman–Crippen LogP) is 1.83. The third-order valence-electron chi connectivity index (χ3n) is 4.29. The van der Waals surface area contributed by atoms with Crippen LogP contribution in [-0.2, 0) is 4.74 Å². The van der Waals surface area contributed by atoms with E-state index in [-0.39, 0.29) is 18.1 Å². The SMILES string of the molecule is Cc1nc([C@H]2C[C@H]3CN(C(=O)c4cscn4)CC[C@@H]3O2)no1. The Morgan fingerprint density at radius 3 is 3.14 bits per heavy atom. The highest BCUT2D eigenvalue weighted by atomic mass is 32.1. The summed E-state index contributed by atoms with van der Waals surface area (Å²) in [4.78, 5) is 22.6. The average molecular weight is 320 g/mol. The van der Waals surface area contributed by atoms with Crippen LogP contribution < -0.4 is 0 Å². The van der Waals surface area contributed by atoms with Gasteiger partial charge in [-0.05, 0) is 12.8 Å². The van der Waals surface area contributed by atoms with Gasteiger partial charge in [0, 0.05) is 31.3 Å². The van der Waals surface area contributed by atoms with Crippen molar-refractivity contribution in [3.05, 3.63) is 28.3 Å². The molecule has 2 saturated heterocycles. The molecule has 0 saturated carbocycles. The third-order valence-corrected chi connectivity index (χ3v) is 4.88. The smallest absolute Gasteiger partial charge is 0.273 e. The van der Waals surface area contributed by atoms with Crippen molar-refractivity contribution in [2.45, 2.75) is 32.0 Å². The summed E-state index contributed by atoms with van der Waals surface area (Å²) in [5, 5.41) is 5.75. The van der Waals surface area contributed by atoms with Crippen molar-refractivity contribution >= 4 is 17.2 Å². The summed E-state index contributed by atoms with van der Waals surface area (Å²) in [6.45, 7) is 3.18. The van der Waals surface area contributed by atoms with Crippen molar-refractivity contribution in [3.63, 3.8) is 0 Å². The Labute approximate surface area is 131 Å². The number of carbonyl (C=O) groups excluding carboxylic acids is 1. The second kappa shape index (κ2) is 5.44. The lowest BCUT2D eigenvalue weighted by Gasteiger charge is -2.33. The van der Waals surface area contributed by atoms with E-state index in [1.165, 1.54) is 11.3 Å². The zero-order chi connectivity index (χ0) is 15.1. The van der Waals surface area contributed by atoms with Gasteiger partial charge in [-0.15, -0.1) is 11.3 Å². The van der Waals surface area contributed by atoms with Gasteiger partial charge in [-0.1, -0.05) is 5.16 Å². The van der Waals surface area contributed by atoms with E-state index >= 15 is 0 Å². The van der Waals surface area contributed by atoms with Crippen LogP contribution in [0.15, 0.2) is 15.4 Å². The fraction of sp³-hybridized carbons (Fsp3) is 0.571. The maximum atomic E-state index is 12.4. The number of carbonyl (C=O) groups is 1. The van der Waals surface area contributed by atoms with Crippen LogP contribution in [0, 0.1) is 12.8 Å². The first-order valence-electron chi connectivity index (χ1n) is 7.34. The van der Waals surface area contributed by atoms with E-state index in [2.05, 4.69) is 15.1 Å². The molecular weight excluding hydrogens is 304 g/mol. The molecule has 0 aliphatic carbocycles. The van der Waals surface area contributed by atoms with E-state index in [1.807, 2.05) is 4.90 Å². The largest absolute Gasteiger partial charge is 0.366 e. The number of hydrogen-bond donors (Lipinski definition) is 0. The van der Waals surface area contributed by atoms with E-state index in [9.17, 15) is 4.79 Å². The van der Waals surface area contributed by atoms with E-state index in [1.54, 1.807) is 17.8 Å². The zero-order valence-corrected chi connectivity index (χ0v) is 13.0. The maximum Gasteiger partial charge on any atom is 0.273 e. The van der Waals surface area contributed by atoms with E-state index in [4.69, 9.17) is 9.26 Å². The number of rotatable bonds is 2. The highest BCUT2D eigenvalue weighted by molar-refractivity contribution is 7.07. The van der Waals surface area contributed by atoms with Gasteiger partial charge in [0.25, 0.3) is 5.91 Å². The molecule has 2 aromatic rings. The molecule has 4 heterocycles. The summed E-state index contributed by atoms with van der Waals surface area (Å²) < 4.78 is 11.1. The minimum Gasteiger partial charge on any atom is -0.366 e. The highest BCUT2D eigenvalue weighted by Gasteiger charge is 2.42. The molecule has 2 aromatic heterocycles. The van der Waals surface area contributed by atoms with E-state index in [0.29, 0.717) is 36.4 Å². The number of hydrogen-bond acceptors (Lipinski definition) is 7. The van der Waals surface area contributed by atoms with Crippen LogP contribution in [0.2, 0.25) is 0 Å². The Balaban J connectivity index is 1.44. The summed E-state index contributed by atoms with van der Waals surface area (Å²) in [6, 6.07) is 0. The fourth-order valence-corrected chi connectivity index (χ4v) is 3.76. The van der Waals surface area contributed by atoms with E-state index < -0.39 is 0 Å². The van der Waals surface area contributed by atoms with Gasteiger partial charge in [-0.2, -0.15) is 4.98 Å². The Morgan fingerprint density at radius 1 is 1.50 bits per heavy atom. The molecule has 0 unspecified atom stereocenters. The topological polar surface area (TPSA) is 81.4 Å². The van der Waals surface area contributed by atoms with Gasteiger partial charge in [0.05, 0.1) is 11.6 Å². The number of thiazole rings is 1. The molecule has 3 atom stereocenters. The molecule has 4 rings (SSSR count). The summed E-state index contributed by atoms with van der Waals surface area (Å²) >= 11 is 1.44. The Kier molecular flexibility index (Phi) is 3.42. The zero-order valence-electron chi connectivity index (χ0n) is 12.1. The van der Waals surface area contributed by atoms with Crippen molar-refractivity contribution in [2.24, 2.45) is 5.92 Å². The first-order chi connectivity index (χ1) is 10.7. The molecular formula is C14H16N4O3S. The van der Waals surface area contributed by atoms with Crippen molar-refractivity contribution < 1.29 is 14.1 Å².